The highest BCUT2D eigenvalue weighted by molar-refractivity contribution is 6.24. The van der Waals surface area contributed by atoms with E-state index in [2.05, 4.69) is 4.99 Å². The van der Waals surface area contributed by atoms with Crippen molar-refractivity contribution in [2.75, 3.05) is 7.05 Å². The van der Waals surface area contributed by atoms with Gasteiger partial charge in [0.05, 0.1) is 53.4 Å². The molecular weight excluding hydrogens is 830 g/mol. The predicted molar refractivity (Wildman–Crippen MR) is 190 cm³/mol. The van der Waals surface area contributed by atoms with Crippen molar-refractivity contribution in [1.82, 2.24) is 0 Å². The van der Waals surface area contributed by atoms with Gasteiger partial charge in [-0.3, -0.25) is 4.99 Å². The SMILES string of the molecule is CN=C/C(C)=c1\c(F)c2c3c(c(F)c(F)c4c(F)/c(=C(/C#N)C=N)c(F)c(c43)C23c2c(F)c(=C(C#N)C#N)c(F)c4c(F)c(F)c5c(F)c(=C(C#N)C#N)c(F)c3c5c24)c1F. The first kappa shape index (κ1) is 39.6. The van der Waals surface area contributed by atoms with Crippen LogP contribution in [0.15, 0.2) is 4.99 Å². The predicted octanol–water partition coefficient (Wildman–Crippen LogP) is 6.57. The van der Waals surface area contributed by atoms with Crippen LogP contribution in [0.1, 0.15) is 29.2 Å². The number of nitrogens with one attached hydrogen (secondary N) is 1. The lowest BCUT2D eigenvalue weighted by molar-refractivity contribution is 0.501. The van der Waals surface area contributed by atoms with Crippen LogP contribution in [0.2, 0.25) is 0 Å². The van der Waals surface area contributed by atoms with Crippen LogP contribution in [0.4, 0.5) is 52.7 Å². The summed E-state index contributed by atoms with van der Waals surface area (Å²) in [5.41, 5.74) is -16.0. The van der Waals surface area contributed by atoms with Crippen molar-refractivity contribution >= 4 is 77.8 Å². The molecule has 0 radical (unpaired) electrons. The van der Waals surface area contributed by atoms with Gasteiger partial charge in [0.1, 0.15) is 88.0 Å². The van der Waals surface area contributed by atoms with Gasteiger partial charge in [-0.15, -0.1) is 0 Å². The summed E-state index contributed by atoms with van der Waals surface area (Å²) < 4.78 is 204. The molecular formula is C42H9F12N7. The van der Waals surface area contributed by atoms with Gasteiger partial charge in [-0.2, -0.15) is 26.3 Å². The molecule has 0 bridgehead atoms. The fraction of sp³-hybridized carbons (Fsp3) is 0.0714. The molecule has 19 heteroatoms. The quantitative estimate of drug-likeness (QED) is 0.119. The lowest BCUT2D eigenvalue weighted by atomic mass is 9.68. The minimum atomic E-state index is -3.98. The molecule has 6 aromatic carbocycles. The molecule has 0 saturated heterocycles. The molecule has 0 aliphatic heterocycles. The van der Waals surface area contributed by atoms with E-state index in [9.17, 15) is 26.3 Å². The Morgan fingerprint density at radius 3 is 1.03 bits per heavy atom. The van der Waals surface area contributed by atoms with E-state index in [4.69, 9.17) is 5.41 Å². The number of nitrogens with zero attached hydrogens (tertiary/aromatic N) is 6. The summed E-state index contributed by atoms with van der Waals surface area (Å²) in [6.07, 6.45) is 0.709. The van der Waals surface area contributed by atoms with E-state index in [1.54, 1.807) is 0 Å². The average molecular weight is 840 g/mol. The first-order valence-corrected chi connectivity index (χ1v) is 16.7. The zero-order chi connectivity index (χ0) is 44.6. The zero-order valence-corrected chi connectivity index (χ0v) is 29.9. The van der Waals surface area contributed by atoms with Crippen molar-refractivity contribution in [2.45, 2.75) is 12.3 Å². The third-order valence-corrected chi connectivity index (χ3v) is 11.0. The van der Waals surface area contributed by atoms with Crippen molar-refractivity contribution in [3.8, 4) is 30.3 Å². The van der Waals surface area contributed by atoms with E-state index < -0.39 is 184 Å². The van der Waals surface area contributed by atoms with E-state index in [0.717, 1.165) is 44.5 Å². The molecule has 0 saturated carbocycles. The number of aliphatic imine (C=N–C) groups is 1. The Morgan fingerprint density at radius 2 is 0.738 bits per heavy atom. The van der Waals surface area contributed by atoms with Crippen LogP contribution in [0.5, 0.6) is 0 Å². The van der Waals surface area contributed by atoms with E-state index in [0.29, 0.717) is 0 Å². The third kappa shape index (κ3) is 4.20. The Kier molecular flexibility index (Phi) is 8.37. The van der Waals surface area contributed by atoms with Gasteiger partial charge in [0.2, 0.25) is 0 Å². The molecule has 8 rings (SSSR count). The van der Waals surface area contributed by atoms with Crippen molar-refractivity contribution in [2.24, 2.45) is 4.99 Å². The first-order valence-electron chi connectivity index (χ1n) is 16.7. The second-order valence-corrected chi connectivity index (χ2v) is 13.5. The monoisotopic (exact) mass is 839 g/mol. The van der Waals surface area contributed by atoms with Crippen molar-refractivity contribution in [3.05, 3.63) is 113 Å². The Balaban J connectivity index is 2.00. The van der Waals surface area contributed by atoms with Crippen LogP contribution in [0.25, 0.3) is 65.4 Å². The summed E-state index contributed by atoms with van der Waals surface area (Å²) >= 11 is 0. The average Bonchev–Trinajstić information content (AvgIpc) is 3.69. The van der Waals surface area contributed by atoms with Gasteiger partial charge in [-0.25, -0.2) is 52.7 Å². The van der Waals surface area contributed by atoms with Crippen molar-refractivity contribution in [1.29, 1.82) is 31.7 Å². The van der Waals surface area contributed by atoms with Gasteiger partial charge in [-0.05, 0) is 12.5 Å². The molecule has 7 nitrogen and oxygen atoms in total. The second-order valence-electron chi connectivity index (χ2n) is 13.5. The summed E-state index contributed by atoms with van der Waals surface area (Å²) in [5.74, 6) is -27.8. The molecule has 0 atom stereocenters. The standard InChI is InChI=1S/C42H9F12N7/c1-10(9-61-2)14-30(43)22-18-19-23(39(52)38(22)51)31(44)15(11(3-55)4-56)35(48)27(19)42(26(18)34(14)47)28-20-21-25(33(46)17(13(7-59)8-60)37(50)29(21)42)41(54)40(53)24(20)32(45)16(36(28)49)12(5-57)6-58/h3,9,55H,1-2H3/b14-10-,15-11-,55-3?,61-9?. The molecule has 1 spiro atoms. The molecule has 296 valence electrons. The maximum Gasteiger partial charge on any atom is 0.170 e. The Bertz CT molecular complexity index is 3680. The lowest BCUT2D eigenvalue weighted by Crippen LogP contribution is -2.38. The Morgan fingerprint density at radius 1 is 0.443 bits per heavy atom. The van der Waals surface area contributed by atoms with Gasteiger partial charge in [0, 0.05) is 63.3 Å². The number of fused-ring (bicyclic) bond motifs is 4. The summed E-state index contributed by atoms with van der Waals surface area (Å²) in [6.45, 7) is 0.922. The summed E-state index contributed by atoms with van der Waals surface area (Å²) in [7, 11) is 1.07. The van der Waals surface area contributed by atoms with Crippen LogP contribution in [0, 0.1) is 132 Å². The molecule has 0 aromatic heterocycles. The summed E-state index contributed by atoms with van der Waals surface area (Å²) in [6, 6.07) is 5.53. The normalized spacial score (nSPS) is 14.0. The summed E-state index contributed by atoms with van der Waals surface area (Å²) in [5, 5.41) is 36.5. The number of nitriles is 5. The third-order valence-electron chi connectivity index (χ3n) is 11.0. The number of hydrogen-bond acceptors (Lipinski definition) is 7. The minimum Gasteiger partial charge on any atom is -0.307 e. The fourth-order valence-electron chi connectivity index (χ4n) is 8.90. The molecule has 61 heavy (non-hydrogen) atoms. The Labute approximate surface area is 329 Å². The van der Waals surface area contributed by atoms with Gasteiger partial charge >= 0.3 is 0 Å². The molecule has 0 fully saturated rings. The topological polar surface area (TPSA) is 155 Å². The number of rotatable bonds is 2. The van der Waals surface area contributed by atoms with E-state index in [-0.39, 0.29) is 6.21 Å². The number of halogens is 12. The van der Waals surface area contributed by atoms with Gasteiger partial charge < -0.3 is 5.41 Å². The second kappa shape index (κ2) is 12.9. The molecule has 0 amide bonds. The van der Waals surface area contributed by atoms with E-state index >= 15 is 52.7 Å². The first-order chi connectivity index (χ1) is 29.0. The van der Waals surface area contributed by atoms with Crippen LogP contribution < -0.4 is 20.9 Å². The lowest BCUT2D eigenvalue weighted by Gasteiger charge is -2.32. The maximum absolute atomic E-state index is 18.0. The van der Waals surface area contributed by atoms with Crippen LogP contribution in [-0.2, 0) is 5.41 Å². The van der Waals surface area contributed by atoms with Gasteiger partial charge in [0.15, 0.2) is 23.3 Å². The molecule has 2 aliphatic rings. The Hall–Kier alpha value is -8.21. The van der Waals surface area contributed by atoms with Crippen molar-refractivity contribution in [3.63, 3.8) is 0 Å². The number of benzene rings is 6. The largest absolute Gasteiger partial charge is 0.307 e. The van der Waals surface area contributed by atoms with Gasteiger partial charge in [-0.1, -0.05) is 0 Å². The van der Waals surface area contributed by atoms with Gasteiger partial charge in [0.25, 0.3) is 0 Å². The van der Waals surface area contributed by atoms with Crippen molar-refractivity contribution < 1.29 is 52.7 Å². The molecule has 0 unspecified atom stereocenters. The van der Waals surface area contributed by atoms with Crippen LogP contribution in [-0.4, -0.2) is 19.5 Å². The molecule has 6 aromatic rings. The molecule has 0 heterocycles. The molecule has 1 N–H and O–H groups in total. The highest BCUT2D eigenvalue weighted by Crippen LogP contribution is 2.64. The van der Waals surface area contributed by atoms with E-state index in [1.165, 1.54) is 6.07 Å². The smallest absolute Gasteiger partial charge is 0.170 e. The maximum atomic E-state index is 18.0. The molecule has 2 aliphatic carbocycles. The highest BCUT2D eigenvalue weighted by Gasteiger charge is 2.59. The minimum absolute atomic E-state index is 0.0256. The van der Waals surface area contributed by atoms with Crippen LogP contribution in [0.3, 0.4) is 0 Å². The highest BCUT2D eigenvalue weighted by atomic mass is 19.2. The fourth-order valence-corrected chi connectivity index (χ4v) is 8.90. The summed E-state index contributed by atoms with van der Waals surface area (Å²) in [4.78, 5) is 3.60. The number of hydrogen-bond donors (Lipinski definition) is 1. The zero-order valence-electron chi connectivity index (χ0n) is 29.9. The van der Waals surface area contributed by atoms with Crippen LogP contribution >= 0.6 is 0 Å². The van der Waals surface area contributed by atoms with E-state index in [1.807, 2.05) is 0 Å².